The van der Waals surface area contributed by atoms with Crippen molar-refractivity contribution in [1.82, 2.24) is 4.57 Å². The number of fused-ring (bicyclic) bond motifs is 3. The zero-order valence-corrected chi connectivity index (χ0v) is 12.0. The molecule has 0 aliphatic heterocycles. The Labute approximate surface area is 132 Å². The van der Waals surface area contributed by atoms with Crippen molar-refractivity contribution in [3.05, 3.63) is 77.1 Å². The minimum atomic E-state index is -0.388. The molecule has 3 aromatic carbocycles. The van der Waals surface area contributed by atoms with Crippen LogP contribution in [-0.4, -0.2) is 4.57 Å². The Morgan fingerprint density at radius 3 is 2.45 bits per heavy atom. The fraction of sp³-hybridized carbons (Fsp3) is 0. The van der Waals surface area contributed by atoms with Gasteiger partial charge < -0.3 is 4.57 Å². The van der Waals surface area contributed by atoms with Gasteiger partial charge in [0, 0.05) is 20.9 Å². The molecule has 0 bridgehead atoms. The average Bonchev–Trinajstić information content (AvgIpc) is 2.94. The second-order valence-corrected chi connectivity index (χ2v) is 5.31. The largest absolute Gasteiger partial charge is 0.309 e. The lowest BCUT2D eigenvalue weighted by Gasteiger charge is -2.07. The maximum Gasteiger partial charge on any atom is 0.0645 e. The van der Waals surface area contributed by atoms with Crippen molar-refractivity contribution < 1.29 is 6.85 Å². The number of rotatable bonds is 1. The van der Waals surface area contributed by atoms with E-state index in [0.717, 1.165) is 26.3 Å². The second-order valence-electron chi connectivity index (χ2n) is 4.46. The second kappa shape index (κ2) is 4.50. The van der Waals surface area contributed by atoms with Crippen LogP contribution in [0, 0.1) is 0 Å². The van der Waals surface area contributed by atoms with Gasteiger partial charge in [-0.15, -0.1) is 0 Å². The molecular weight excluding hydrogens is 310 g/mol. The van der Waals surface area contributed by atoms with Crippen molar-refractivity contribution in [1.29, 1.82) is 0 Å². The van der Waals surface area contributed by atoms with E-state index in [-0.39, 0.29) is 35.9 Å². The van der Waals surface area contributed by atoms with Crippen molar-refractivity contribution in [2.24, 2.45) is 0 Å². The first kappa shape index (κ1) is 7.65. The monoisotopic (exact) mass is 326 g/mol. The highest BCUT2D eigenvalue weighted by molar-refractivity contribution is 9.10. The predicted octanol–water partition coefficient (Wildman–Crippen LogP) is 5.55. The number of nitrogens with zero attached hydrogens (tertiary/aromatic N) is 1. The molecule has 1 nitrogen and oxygen atoms in total. The van der Waals surface area contributed by atoms with Gasteiger partial charge in [0.1, 0.15) is 0 Å². The minimum absolute atomic E-state index is 0.162. The van der Waals surface area contributed by atoms with E-state index in [1.165, 1.54) is 0 Å². The first-order chi connectivity index (χ1) is 11.9. The first-order valence-corrected chi connectivity index (χ1v) is 6.97. The van der Waals surface area contributed by atoms with Crippen molar-refractivity contribution in [3.63, 3.8) is 0 Å². The molecule has 20 heavy (non-hydrogen) atoms. The van der Waals surface area contributed by atoms with Crippen LogP contribution in [0.3, 0.4) is 0 Å². The normalized spacial score (nSPS) is 14.8. The molecule has 2 heteroatoms. The maximum atomic E-state index is 8.31. The van der Waals surface area contributed by atoms with Gasteiger partial charge in [0.15, 0.2) is 0 Å². The third kappa shape index (κ3) is 1.61. The van der Waals surface area contributed by atoms with Crippen LogP contribution < -0.4 is 0 Å². The van der Waals surface area contributed by atoms with E-state index in [1.54, 1.807) is 4.57 Å². The summed E-state index contributed by atoms with van der Waals surface area (Å²) in [5, 5.41) is 1.90. The summed E-state index contributed by atoms with van der Waals surface area (Å²) in [6.07, 6.45) is 0. The fourth-order valence-corrected chi connectivity index (χ4v) is 3.14. The van der Waals surface area contributed by atoms with E-state index in [4.69, 9.17) is 6.85 Å². The summed E-state index contributed by atoms with van der Waals surface area (Å²) in [5.74, 6) is 0. The Morgan fingerprint density at radius 1 is 0.850 bits per heavy atom. The summed E-state index contributed by atoms with van der Waals surface area (Å²) in [6, 6.07) is 11.9. The highest BCUT2D eigenvalue weighted by Crippen LogP contribution is 2.35. The molecule has 0 N–H and O–H groups in total. The molecule has 0 aliphatic carbocycles. The van der Waals surface area contributed by atoms with Gasteiger partial charge in [0.2, 0.25) is 0 Å². The molecule has 0 atom stereocenters. The Balaban J connectivity index is 2.29. The molecule has 0 saturated heterocycles. The summed E-state index contributed by atoms with van der Waals surface area (Å²) in [4.78, 5) is 0. The standard InChI is InChI=1S/C18H12BrN/c19-15-10-6-12-17-18(15)14-9-4-5-11-16(14)20(17)13-7-2-1-3-8-13/h1-12H/i1D,2D,3D,7D,8D. The van der Waals surface area contributed by atoms with Crippen molar-refractivity contribution in [2.45, 2.75) is 0 Å². The molecule has 0 fully saturated rings. The summed E-state index contributed by atoms with van der Waals surface area (Å²) in [7, 11) is 0. The van der Waals surface area contributed by atoms with Crippen LogP contribution in [0.25, 0.3) is 27.5 Å². The number of hydrogen-bond donors (Lipinski definition) is 0. The van der Waals surface area contributed by atoms with Crippen molar-refractivity contribution >= 4 is 37.7 Å². The molecule has 0 aliphatic rings. The Bertz CT molecular complexity index is 1140. The zero-order valence-electron chi connectivity index (χ0n) is 15.4. The minimum Gasteiger partial charge on any atom is -0.309 e. The average molecular weight is 327 g/mol. The van der Waals surface area contributed by atoms with Crippen LogP contribution in [0.2, 0.25) is 0 Å². The lowest BCUT2D eigenvalue weighted by Crippen LogP contribution is -1.92. The van der Waals surface area contributed by atoms with Gasteiger partial charge in [-0.2, -0.15) is 0 Å². The van der Waals surface area contributed by atoms with Crippen LogP contribution in [0.1, 0.15) is 6.85 Å². The molecule has 4 rings (SSSR count). The Morgan fingerprint density at radius 2 is 1.60 bits per heavy atom. The zero-order chi connectivity index (χ0) is 17.9. The molecule has 0 radical (unpaired) electrons. The summed E-state index contributed by atoms with van der Waals surface area (Å²) in [5.41, 5.74) is 1.74. The topological polar surface area (TPSA) is 4.93 Å². The Hall–Kier alpha value is -2.06. The van der Waals surface area contributed by atoms with E-state index in [2.05, 4.69) is 15.9 Å². The lowest BCUT2D eigenvalue weighted by molar-refractivity contribution is 1.18. The van der Waals surface area contributed by atoms with E-state index in [1.807, 2.05) is 42.5 Å². The molecule has 1 heterocycles. The number of aromatic nitrogens is 1. The van der Waals surface area contributed by atoms with Crippen LogP contribution >= 0.6 is 15.9 Å². The molecule has 0 unspecified atom stereocenters. The first-order valence-electron chi connectivity index (χ1n) is 8.68. The quantitative estimate of drug-likeness (QED) is 0.432. The van der Waals surface area contributed by atoms with E-state index in [0.29, 0.717) is 0 Å². The van der Waals surface area contributed by atoms with Gasteiger partial charge in [-0.25, -0.2) is 0 Å². The molecule has 1 aromatic heterocycles. The molecule has 4 aromatic rings. The Kier molecular flexibility index (Phi) is 1.72. The highest BCUT2D eigenvalue weighted by Gasteiger charge is 2.13. The van der Waals surface area contributed by atoms with E-state index < -0.39 is 0 Å². The smallest absolute Gasteiger partial charge is 0.0645 e. The van der Waals surface area contributed by atoms with E-state index >= 15 is 0 Å². The molecular formula is C18H12BrN. The van der Waals surface area contributed by atoms with Crippen LogP contribution in [0.5, 0.6) is 0 Å². The fourth-order valence-electron chi connectivity index (χ4n) is 2.57. The van der Waals surface area contributed by atoms with Gasteiger partial charge >= 0.3 is 0 Å². The van der Waals surface area contributed by atoms with Crippen LogP contribution in [0.15, 0.2) is 77.1 Å². The van der Waals surface area contributed by atoms with Crippen LogP contribution in [-0.2, 0) is 0 Å². The van der Waals surface area contributed by atoms with Crippen molar-refractivity contribution in [2.75, 3.05) is 0 Å². The summed E-state index contributed by atoms with van der Waals surface area (Å²) < 4.78 is 43.0. The SMILES string of the molecule is [2H]c1c([2H])c([2H])c(-n2c3ccccc3c3c(Br)cccc32)c([2H])c1[2H]. The number of para-hydroxylation sites is 2. The molecule has 0 saturated carbocycles. The number of hydrogen-bond acceptors (Lipinski definition) is 0. The highest BCUT2D eigenvalue weighted by atomic mass is 79.9. The van der Waals surface area contributed by atoms with E-state index in [9.17, 15) is 0 Å². The molecule has 0 spiro atoms. The predicted molar refractivity (Wildman–Crippen MR) is 88.5 cm³/mol. The van der Waals surface area contributed by atoms with Gasteiger partial charge in [0.25, 0.3) is 0 Å². The van der Waals surface area contributed by atoms with Crippen molar-refractivity contribution in [3.8, 4) is 5.69 Å². The molecule has 0 amide bonds. The van der Waals surface area contributed by atoms with Gasteiger partial charge in [0.05, 0.1) is 17.9 Å². The van der Waals surface area contributed by atoms with Gasteiger partial charge in [-0.1, -0.05) is 58.3 Å². The van der Waals surface area contributed by atoms with Gasteiger partial charge in [-0.05, 0) is 30.3 Å². The number of halogens is 1. The maximum absolute atomic E-state index is 8.31. The summed E-state index contributed by atoms with van der Waals surface area (Å²) in [6.45, 7) is 0. The van der Waals surface area contributed by atoms with Crippen LogP contribution in [0.4, 0.5) is 0 Å². The number of benzene rings is 3. The lowest BCUT2D eigenvalue weighted by atomic mass is 10.2. The third-order valence-corrected chi connectivity index (χ3v) is 4.02. The molecule has 96 valence electrons. The summed E-state index contributed by atoms with van der Waals surface area (Å²) >= 11 is 3.57. The van der Waals surface area contributed by atoms with Gasteiger partial charge in [-0.3, -0.25) is 0 Å². The third-order valence-electron chi connectivity index (χ3n) is 3.36.